The van der Waals surface area contributed by atoms with Crippen molar-refractivity contribution in [1.29, 1.82) is 0 Å². The smallest absolute Gasteiger partial charge is 0.0977 e. The minimum Gasteiger partial charge on any atom is -0.387 e. The van der Waals surface area contributed by atoms with Crippen LogP contribution in [-0.4, -0.2) is 11.7 Å². The lowest BCUT2D eigenvalue weighted by Crippen LogP contribution is -2.19. The molecule has 0 aliphatic heterocycles. The van der Waals surface area contributed by atoms with Gasteiger partial charge in [-0.15, -0.1) is 11.3 Å². The molecule has 2 rings (SSSR count). The van der Waals surface area contributed by atoms with E-state index in [1.165, 1.54) is 11.3 Å². The maximum atomic E-state index is 10.5. The van der Waals surface area contributed by atoms with Crippen LogP contribution in [-0.2, 0) is 0 Å². The highest BCUT2D eigenvalue weighted by atomic mass is 79.9. The first-order chi connectivity index (χ1) is 9.04. The molecule has 102 valence electrons. The Balaban J connectivity index is 2.34. The highest BCUT2D eigenvalue weighted by Gasteiger charge is 2.25. The van der Waals surface area contributed by atoms with Gasteiger partial charge >= 0.3 is 0 Å². The largest absolute Gasteiger partial charge is 0.387 e. The monoisotopic (exact) mass is 359 g/mol. The van der Waals surface area contributed by atoms with Crippen molar-refractivity contribution in [1.82, 2.24) is 0 Å². The van der Waals surface area contributed by atoms with Crippen molar-refractivity contribution in [3.05, 3.63) is 55.1 Å². The van der Waals surface area contributed by atoms with Gasteiger partial charge in [0.1, 0.15) is 0 Å². The summed E-state index contributed by atoms with van der Waals surface area (Å²) < 4.78 is 0.976. The molecule has 0 spiro atoms. The topological polar surface area (TPSA) is 46.2 Å². The summed E-state index contributed by atoms with van der Waals surface area (Å²) in [5.74, 6) is -0.159. The summed E-state index contributed by atoms with van der Waals surface area (Å²) in [5.41, 5.74) is 7.83. The van der Waals surface area contributed by atoms with Gasteiger partial charge < -0.3 is 10.8 Å². The van der Waals surface area contributed by atoms with E-state index in [2.05, 4.69) is 15.9 Å². The third-order valence-electron chi connectivity index (χ3n) is 3.11. The molecule has 0 aliphatic carbocycles. The first kappa shape index (κ1) is 15.0. The van der Waals surface area contributed by atoms with Gasteiger partial charge in [0.15, 0.2) is 0 Å². The Hall–Kier alpha value is -0.390. The molecule has 0 aliphatic rings. The zero-order chi connectivity index (χ0) is 14.0. The normalized spacial score (nSPS) is 14.4. The Morgan fingerprint density at radius 3 is 2.74 bits per heavy atom. The molecule has 2 aromatic rings. The molecule has 0 amide bonds. The van der Waals surface area contributed by atoms with Crippen LogP contribution in [0.5, 0.6) is 0 Å². The SMILES string of the molecule is Cc1csc(C(O)C(CN)c2cccc(Br)c2)c1Cl. The van der Waals surface area contributed by atoms with Gasteiger partial charge in [-0.1, -0.05) is 39.7 Å². The maximum Gasteiger partial charge on any atom is 0.0977 e. The van der Waals surface area contributed by atoms with Crippen LogP contribution in [0.4, 0.5) is 0 Å². The van der Waals surface area contributed by atoms with Gasteiger partial charge in [-0.25, -0.2) is 0 Å². The maximum absolute atomic E-state index is 10.5. The summed E-state index contributed by atoms with van der Waals surface area (Å²) in [7, 11) is 0. The van der Waals surface area contributed by atoms with E-state index in [1.54, 1.807) is 0 Å². The molecule has 0 saturated heterocycles. The van der Waals surface area contributed by atoms with Crippen LogP contribution in [0, 0.1) is 6.92 Å². The summed E-state index contributed by atoms with van der Waals surface area (Å²) in [6.45, 7) is 2.30. The lowest BCUT2D eigenvalue weighted by Gasteiger charge is -2.21. The predicted molar refractivity (Wildman–Crippen MR) is 85.0 cm³/mol. The minimum absolute atomic E-state index is 0.159. The Morgan fingerprint density at radius 2 is 2.21 bits per heavy atom. The van der Waals surface area contributed by atoms with Crippen molar-refractivity contribution < 1.29 is 5.11 Å². The first-order valence-corrected chi connectivity index (χ1v) is 7.96. The van der Waals surface area contributed by atoms with Crippen molar-refractivity contribution in [3.63, 3.8) is 0 Å². The molecule has 0 radical (unpaired) electrons. The molecule has 2 nitrogen and oxygen atoms in total. The number of aryl methyl sites for hydroxylation is 1. The van der Waals surface area contributed by atoms with E-state index in [1.807, 2.05) is 36.6 Å². The zero-order valence-corrected chi connectivity index (χ0v) is 13.6. The van der Waals surface area contributed by atoms with E-state index in [9.17, 15) is 5.11 Å². The van der Waals surface area contributed by atoms with Crippen LogP contribution < -0.4 is 5.73 Å². The second-order valence-electron chi connectivity index (χ2n) is 4.44. The second kappa shape index (κ2) is 6.37. The number of aliphatic hydroxyl groups is 1. The third kappa shape index (κ3) is 3.20. The van der Waals surface area contributed by atoms with Gasteiger partial charge in [0, 0.05) is 16.9 Å². The fourth-order valence-corrected chi connectivity index (χ4v) is 3.79. The minimum atomic E-state index is -0.675. The van der Waals surface area contributed by atoms with Gasteiger partial charge in [-0.2, -0.15) is 0 Å². The first-order valence-electron chi connectivity index (χ1n) is 5.91. The number of nitrogens with two attached hydrogens (primary N) is 1. The van der Waals surface area contributed by atoms with Gasteiger partial charge in [-0.05, 0) is 35.6 Å². The molecule has 1 aromatic carbocycles. The number of benzene rings is 1. The van der Waals surface area contributed by atoms with Gasteiger partial charge in [0.25, 0.3) is 0 Å². The Morgan fingerprint density at radius 1 is 1.47 bits per heavy atom. The van der Waals surface area contributed by atoms with Crippen molar-refractivity contribution in [2.75, 3.05) is 6.54 Å². The number of aliphatic hydroxyl groups excluding tert-OH is 1. The average Bonchev–Trinajstić information content (AvgIpc) is 2.71. The molecule has 0 fully saturated rings. The summed E-state index contributed by atoms with van der Waals surface area (Å²) in [6.07, 6.45) is -0.675. The van der Waals surface area contributed by atoms with Crippen molar-refractivity contribution in [3.8, 4) is 0 Å². The molecule has 5 heteroatoms. The van der Waals surface area contributed by atoms with E-state index in [0.717, 1.165) is 20.5 Å². The molecule has 1 aromatic heterocycles. The van der Waals surface area contributed by atoms with Crippen LogP contribution in [0.3, 0.4) is 0 Å². The quantitative estimate of drug-likeness (QED) is 0.856. The van der Waals surface area contributed by atoms with Crippen LogP contribution in [0.15, 0.2) is 34.1 Å². The van der Waals surface area contributed by atoms with E-state index in [-0.39, 0.29) is 5.92 Å². The van der Waals surface area contributed by atoms with E-state index >= 15 is 0 Å². The number of hydrogen-bond acceptors (Lipinski definition) is 3. The molecule has 2 unspecified atom stereocenters. The number of thiophene rings is 1. The lowest BCUT2D eigenvalue weighted by atomic mass is 9.92. The number of rotatable bonds is 4. The predicted octanol–water partition coefficient (Wildman–Crippen LogP) is 4.25. The summed E-state index contributed by atoms with van der Waals surface area (Å²) in [5, 5.41) is 13.1. The standard InChI is InChI=1S/C14H15BrClNOS/c1-8-7-19-14(12(8)16)13(18)11(6-17)9-3-2-4-10(15)5-9/h2-5,7,11,13,18H,6,17H2,1H3. The molecular weight excluding hydrogens is 346 g/mol. The number of hydrogen-bond donors (Lipinski definition) is 2. The van der Waals surface area contributed by atoms with Crippen LogP contribution in [0.1, 0.15) is 28.0 Å². The highest BCUT2D eigenvalue weighted by Crippen LogP contribution is 2.39. The molecular formula is C14H15BrClNOS. The van der Waals surface area contributed by atoms with Crippen LogP contribution >= 0.6 is 38.9 Å². The molecule has 0 saturated carbocycles. The lowest BCUT2D eigenvalue weighted by molar-refractivity contribution is 0.151. The fraction of sp³-hybridized carbons (Fsp3) is 0.286. The molecule has 19 heavy (non-hydrogen) atoms. The Labute approximate surface area is 130 Å². The molecule has 1 heterocycles. The van der Waals surface area contributed by atoms with Crippen LogP contribution in [0.25, 0.3) is 0 Å². The zero-order valence-electron chi connectivity index (χ0n) is 10.4. The Bertz CT molecular complexity index is 572. The summed E-state index contributed by atoms with van der Waals surface area (Å²) in [6, 6.07) is 7.84. The Kier molecular flexibility index (Phi) is 5.03. The van der Waals surface area contributed by atoms with Crippen molar-refractivity contribution in [2.45, 2.75) is 18.9 Å². The summed E-state index contributed by atoms with van der Waals surface area (Å²) in [4.78, 5) is 0.787. The van der Waals surface area contributed by atoms with E-state index in [4.69, 9.17) is 17.3 Å². The van der Waals surface area contributed by atoms with Gasteiger partial charge in [0.2, 0.25) is 0 Å². The second-order valence-corrected chi connectivity index (χ2v) is 6.64. The van der Waals surface area contributed by atoms with Crippen LogP contribution in [0.2, 0.25) is 5.02 Å². The molecule has 2 atom stereocenters. The van der Waals surface area contributed by atoms with Crippen molar-refractivity contribution >= 4 is 38.9 Å². The van der Waals surface area contributed by atoms with Gasteiger partial charge in [0.05, 0.1) is 16.0 Å². The van der Waals surface area contributed by atoms with Gasteiger partial charge in [-0.3, -0.25) is 0 Å². The average molecular weight is 361 g/mol. The fourth-order valence-electron chi connectivity index (χ4n) is 2.02. The number of halogens is 2. The molecule has 3 N–H and O–H groups in total. The third-order valence-corrected chi connectivity index (χ3v) is 5.38. The van der Waals surface area contributed by atoms with E-state index < -0.39 is 6.10 Å². The summed E-state index contributed by atoms with van der Waals surface area (Å²) >= 11 is 11.1. The van der Waals surface area contributed by atoms with Crippen molar-refractivity contribution in [2.24, 2.45) is 5.73 Å². The van der Waals surface area contributed by atoms with E-state index in [0.29, 0.717) is 11.6 Å². The molecule has 0 bridgehead atoms. The highest BCUT2D eigenvalue weighted by molar-refractivity contribution is 9.10.